The lowest BCUT2D eigenvalue weighted by Gasteiger charge is -2.07. The van der Waals surface area contributed by atoms with Gasteiger partial charge in [0.1, 0.15) is 11.6 Å². The minimum absolute atomic E-state index is 0.175. The van der Waals surface area contributed by atoms with Crippen LogP contribution in [0.4, 0.5) is 11.6 Å². The lowest BCUT2D eigenvalue weighted by Crippen LogP contribution is -2.15. The van der Waals surface area contributed by atoms with Crippen LogP contribution in [0.25, 0.3) is 0 Å². The van der Waals surface area contributed by atoms with Gasteiger partial charge in [0.25, 0.3) is 5.91 Å². The van der Waals surface area contributed by atoms with Crippen molar-refractivity contribution in [2.75, 3.05) is 11.1 Å². The molecule has 2 aromatic heterocycles. The molecule has 3 N–H and O–H groups in total. The van der Waals surface area contributed by atoms with Gasteiger partial charge in [-0.05, 0) is 56.5 Å². The highest BCUT2D eigenvalue weighted by Crippen LogP contribution is 2.19. The molecule has 0 saturated carbocycles. The Hall–Kier alpha value is -1.47. The predicted molar refractivity (Wildman–Crippen MR) is 81.0 cm³/mol. The van der Waals surface area contributed by atoms with Gasteiger partial charge in [-0.15, -0.1) is 0 Å². The number of nitrogens with two attached hydrogens (primary N) is 1. The molecular weight excluding hydrogens is 376 g/mol. The number of aryl methyl sites for hydroxylation is 1. The molecule has 0 spiro atoms. The first-order valence-corrected chi connectivity index (χ1v) is 6.90. The highest BCUT2D eigenvalue weighted by molar-refractivity contribution is 9.10. The van der Waals surface area contributed by atoms with Crippen molar-refractivity contribution in [3.8, 4) is 0 Å². The van der Waals surface area contributed by atoms with Crippen LogP contribution in [0.1, 0.15) is 15.9 Å². The molecule has 0 saturated heterocycles. The van der Waals surface area contributed by atoms with Crippen LogP contribution >= 0.6 is 31.9 Å². The van der Waals surface area contributed by atoms with E-state index in [1.807, 2.05) is 6.92 Å². The zero-order valence-corrected chi connectivity index (χ0v) is 13.1. The van der Waals surface area contributed by atoms with Gasteiger partial charge < -0.3 is 11.1 Å². The third-order valence-corrected chi connectivity index (χ3v) is 3.68. The summed E-state index contributed by atoms with van der Waals surface area (Å²) in [7, 11) is 0. The monoisotopic (exact) mass is 384 g/mol. The molecule has 0 unspecified atom stereocenters. The highest BCUT2D eigenvalue weighted by atomic mass is 79.9. The molecule has 0 atom stereocenters. The van der Waals surface area contributed by atoms with Gasteiger partial charge in [0, 0.05) is 21.3 Å². The molecule has 7 heteroatoms. The van der Waals surface area contributed by atoms with Crippen molar-refractivity contribution in [1.82, 2.24) is 9.97 Å². The number of halogens is 2. The summed E-state index contributed by atoms with van der Waals surface area (Å²) in [4.78, 5) is 20.1. The molecule has 5 nitrogen and oxygen atoms in total. The summed E-state index contributed by atoms with van der Waals surface area (Å²) in [5, 5.41) is 2.68. The molecule has 0 radical (unpaired) electrons. The van der Waals surface area contributed by atoms with E-state index in [1.54, 1.807) is 18.3 Å². The Morgan fingerprint density at radius 1 is 1.26 bits per heavy atom. The Balaban J connectivity index is 2.25. The van der Waals surface area contributed by atoms with Gasteiger partial charge in [-0.2, -0.15) is 0 Å². The fourth-order valence-electron chi connectivity index (χ4n) is 1.42. The lowest BCUT2D eigenvalue weighted by atomic mass is 10.2. The molecule has 19 heavy (non-hydrogen) atoms. The Bertz CT molecular complexity index is 646. The number of hydrogen-bond donors (Lipinski definition) is 2. The number of pyridine rings is 2. The van der Waals surface area contributed by atoms with E-state index >= 15 is 0 Å². The number of hydrogen-bond acceptors (Lipinski definition) is 4. The van der Waals surface area contributed by atoms with E-state index in [1.165, 1.54) is 6.20 Å². The zero-order chi connectivity index (χ0) is 14.0. The smallest absolute Gasteiger partial charge is 0.260 e. The molecule has 2 rings (SSSR count). The standard InChI is InChI=1S/C12H10Br2N4O/c1-6-2-10(16-5-9(6)14)18-12(19)8-3-7(13)4-17-11(8)15/h2-5H,1H3,(H2,15,17)(H,16,18,19). The Morgan fingerprint density at radius 2 is 2.00 bits per heavy atom. The molecule has 1 amide bonds. The van der Waals surface area contributed by atoms with Gasteiger partial charge in [-0.25, -0.2) is 9.97 Å². The summed E-state index contributed by atoms with van der Waals surface area (Å²) in [5.74, 6) is 0.292. The van der Waals surface area contributed by atoms with E-state index < -0.39 is 0 Å². The van der Waals surface area contributed by atoms with E-state index in [2.05, 4.69) is 47.1 Å². The first-order chi connectivity index (χ1) is 8.97. The summed E-state index contributed by atoms with van der Waals surface area (Å²) in [5.41, 5.74) is 6.96. The summed E-state index contributed by atoms with van der Waals surface area (Å²) >= 11 is 6.60. The second-order valence-corrected chi connectivity index (χ2v) is 5.63. The van der Waals surface area contributed by atoms with E-state index in [9.17, 15) is 4.79 Å². The van der Waals surface area contributed by atoms with E-state index in [4.69, 9.17) is 5.73 Å². The van der Waals surface area contributed by atoms with Crippen molar-refractivity contribution in [3.05, 3.63) is 44.6 Å². The number of nitrogen functional groups attached to an aromatic ring is 1. The summed E-state index contributed by atoms with van der Waals surface area (Å²) in [6.45, 7) is 1.91. The van der Waals surface area contributed by atoms with Crippen molar-refractivity contribution in [2.45, 2.75) is 6.92 Å². The lowest BCUT2D eigenvalue weighted by molar-refractivity contribution is 0.102. The summed E-state index contributed by atoms with van der Waals surface area (Å²) in [6.07, 6.45) is 3.17. The number of carbonyl (C=O) groups excluding carboxylic acids is 1. The first kappa shape index (κ1) is 14.0. The van der Waals surface area contributed by atoms with E-state index in [-0.39, 0.29) is 11.7 Å². The number of nitrogens with one attached hydrogen (secondary N) is 1. The summed E-state index contributed by atoms with van der Waals surface area (Å²) in [6, 6.07) is 3.38. The molecule has 98 valence electrons. The maximum absolute atomic E-state index is 12.1. The first-order valence-electron chi connectivity index (χ1n) is 5.32. The van der Waals surface area contributed by atoms with Crippen molar-refractivity contribution >= 4 is 49.4 Å². The average Bonchev–Trinajstić information content (AvgIpc) is 2.36. The van der Waals surface area contributed by atoms with Crippen molar-refractivity contribution in [1.29, 1.82) is 0 Å². The molecule has 2 aromatic rings. The van der Waals surface area contributed by atoms with Crippen LogP contribution in [0.3, 0.4) is 0 Å². The third-order valence-electron chi connectivity index (χ3n) is 2.42. The molecule has 0 aromatic carbocycles. The maximum atomic E-state index is 12.1. The van der Waals surface area contributed by atoms with Crippen LogP contribution in [0, 0.1) is 6.92 Å². The molecular formula is C12H10Br2N4O. The number of rotatable bonds is 2. The van der Waals surface area contributed by atoms with Crippen molar-refractivity contribution < 1.29 is 4.79 Å². The molecule has 0 aliphatic heterocycles. The molecule has 0 aliphatic carbocycles. The number of amides is 1. The third kappa shape index (κ3) is 3.30. The molecule has 0 fully saturated rings. The largest absolute Gasteiger partial charge is 0.383 e. The van der Waals surface area contributed by atoms with Crippen molar-refractivity contribution in [2.24, 2.45) is 0 Å². The topological polar surface area (TPSA) is 80.9 Å². The number of carbonyl (C=O) groups is 1. The van der Waals surface area contributed by atoms with E-state index in [0.717, 1.165) is 10.0 Å². The van der Waals surface area contributed by atoms with Crippen LogP contribution < -0.4 is 11.1 Å². The van der Waals surface area contributed by atoms with Crippen LogP contribution in [-0.2, 0) is 0 Å². The van der Waals surface area contributed by atoms with Crippen LogP contribution in [-0.4, -0.2) is 15.9 Å². The minimum Gasteiger partial charge on any atom is -0.383 e. The van der Waals surface area contributed by atoms with Gasteiger partial charge in [0.15, 0.2) is 0 Å². The van der Waals surface area contributed by atoms with Gasteiger partial charge >= 0.3 is 0 Å². The average molecular weight is 386 g/mol. The maximum Gasteiger partial charge on any atom is 0.260 e. The molecule has 2 heterocycles. The quantitative estimate of drug-likeness (QED) is 0.831. The SMILES string of the molecule is Cc1cc(NC(=O)c2cc(Br)cnc2N)ncc1Br. The Labute approximate surface area is 126 Å². The van der Waals surface area contributed by atoms with E-state index in [0.29, 0.717) is 15.9 Å². The Kier molecular flexibility index (Phi) is 4.16. The van der Waals surface area contributed by atoms with Crippen LogP contribution in [0.15, 0.2) is 33.5 Å². The van der Waals surface area contributed by atoms with Crippen LogP contribution in [0.5, 0.6) is 0 Å². The number of aromatic nitrogens is 2. The van der Waals surface area contributed by atoms with Gasteiger partial charge in [-0.1, -0.05) is 0 Å². The zero-order valence-electron chi connectivity index (χ0n) is 9.95. The van der Waals surface area contributed by atoms with Gasteiger partial charge in [0.05, 0.1) is 5.56 Å². The van der Waals surface area contributed by atoms with Gasteiger partial charge in [-0.3, -0.25) is 4.79 Å². The number of anilines is 2. The Morgan fingerprint density at radius 3 is 2.68 bits per heavy atom. The van der Waals surface area contributed by atoms with Crippen molar-refractivity contribution in [3.63, 3.8) is 0 Å². The van der Waals surface area contributed by atoms with Gasteiger partial charge in [0.2, 0.25) is 0 Å². The fraction of sp³-hybridized carbons (Fsp3) is 0.0833. The second kappa shape index (κ2) is 5.66. The summed E-state index contributed by atoms with van der Waals surface area (Å²) < 4.78 is 1.57. The highest BCUT2D eigenvalue weighted by Gasteiger charge is 2.12. The molecule has 0 aliphatic rings. The molecule has 0 bridgehead atoms. The van der Waals surface area contributed by atoms with Crippen LogP contribution in [0.2, 0.25) is 0 Å². The second-order valence-electron chi connectivity index (χ2n) is 3.86. The normalized spacial score (nSPS) is 10.3. The number of nitrogens with zero attached hydrogens (tertiary/aromatic N) is 2. The predicted octanol–water partition coefficient (Wildman–Crippen LogP) is 3.14. The fourth-order valence-corrected chi connectivity index (χ4v) is 1.97. The minimum atomic E-state index is -0.347.